The molecular formula is C18H19F6N3O4. The van der Waals surface area contributed by atoms with Crippen molar-refractivity contribution in [2.75, 3.05) is 11.9 Å². The first-order valence-corrected chi connectivity index (χ1v) is 8.88. The van der Waals surface area contributed by atoms with Crippen molar-refractivity contribution in [2.45, 2.75) is 45.0 Å². The van der Waals surface area contributed by atoms with Gasteiger partial charge in [-0.3, -0.25) is 14.4 Å². The smallest absolute Gasteiger partial charge is 0.455 e. The lowest BCUT2D eigenvalue weighted by atomic mass is 9.90. The summed E-state index contributed by atoms with van der Waals surface area (Å²) < 4.78 is 82.2. The number of nitrogens with one attached hydrogen (secondary N) is 3. The average Bonchev–Trinajstić information content (AvgIpc) is 2.76. The average molecular weight is 455 g/mol. The van der Waals surface area contributed by atoms with E-state index in [1.54, 1.807) is 0 Å². The van der Waals surface area contributed by atoms with Crippen LogP contribution in [0.25, 0.3) is 0 Å². The molecule has 1 heterocycles. The Morgan fingerprint density at radius 3 is 2.32 bits per heavy atom. The Labute approximate surface area is 172 Å². The molecule has 1 aliphatic rings. The van der Waals surface area contributed by atoms with Crippen LogP contribution in [0, 0.1) is 11.2 Å². The predicted molar refractivity (Wildman–Crippen MR) is 94.8 cm³/mol. The van der Waals surface area contributed by atoms with Crippen LogP contribution < -0.4 is 20.7 Å². The van der Waals surface area contributed by atoms with E-state index >= 15 is 0 Å². The fourth-order valence-corrected chi connectivity index (χ4v) is 2.53. The van der Waals surface area contributed by atoms with Crippen LogP contribution in [0.15, 0.2) is 18.2 Å². The number of para-hydroxylation sites is 1. The van der Waals surface area contributed by atoms with Crippen molar-refractivity contribution in [3.05, 3.63) is 24.0 Å². The first-order valence-electron chi connectivity index (χ1n) is 8.88. The van der Waals surface area contributed by atoms with Gasteiger partial charge in [0.15, 0.2) is 5.82 Å². The first kappa shape index (κ1) is 24.3. The number of anilines is 1. The number of carbonyl (C=O) groups excluding carboxylic acids is 3. The molecule has 1 aliphatic heterocycles. The molecule has 0 saturated heterocycles. The standard InChI is InChI=1S/C18H19F6N3O4/c1-8-11(13(28)26-12-9(19)5-4-6-10(12)31-8)27-15(30)16(2,3)14(29)25-7-17(20,21)18(22,23)24/h4-6,8,11H,7H2,1-3H3,(H,25,29)(H,26,28)(H,27,30)/t8-,11?/m1/s1. The molecule has 1 unspecified atom stereocenters. The Bertz CT molecular complexity index is 888. The third-order valence-corrected chi connectivity index (χ3v) is 4.60. The van der Waals surface area contributed by atoms with Crippen LogP contribution in [0.5, 0.6) is 5.75 Å². The first-order chi connectivity index (χ1) is 14.1. The van der Waals surface area contributed by atoms with E-state index in [0.717, 1.165) is 19.9 Å². The Morgan fingerprint density at radius 1 is 1.13 bits per heavy atom. The van der Waals surface area contributed by atoms with Gasteiger partial charge >= 0.3 is 12.1 Å². The van der Waals surface area contributed by atoms with Gasteiger partial charge in [0.05, 0.1) is 6.54 Å². The summed E-state index contributed by atoms with van der Waals surface area (Å²) in [5, 5.41) is 5.83. The number of fused-ring (bicyclic) bond motifs is 1. The normalized spacial score (nSPS) is 19.5. The quantitative estimate of drug-likeness (QED) is 0.469. The van der Waals surface area contributed by atoms with Crippen molar-refractivity contribution in [2.24, 2.45) is 5.41 Å². The number of hydrogen-bond acceptors (Lipinski definition) is 4. The van der Waals surface area contributed by atoms with Crippen LogP contribution >= 0.6 is 0 Å². The molecule has 31 heavy (non-hydrogen) atoms. The van der Waals surface area contributed by atoms with Crippen molar-refractivity contribution in [3.8, 4) is 5.75 Å². The summed E-state index contributed by atoms with van der Waals surface area (Å²) in [5.41, 5.74) is -2.39. The Kier molecular flexibility index (Phi) is 6.48. The lowest BCUT2D eigenvalue weighted by molar-refractivity contribution is -0.278. The molecule has 3 amide bonds. The molecule has 2 atom stereocenters. The van der Waals surface area contributed by atoms with Gasteiger partial charge in [-0.1, -0.05) is 6.07 Å². The van der Waals surface area contributed by atoms with Crippen molar-refractivity contribution < 1.29 is 45.5 Å². The Hall–Kier alpha value is -2.99. The maximum Gasteiger partial charge on any atom is 0.455 e. The molecule has 7 nitrogen and oxygen atoms in total. The second-order valence-electron chi connectivity index (χ2n) is 7.39. The zero-order valence-corrected chi connectivity index (χ0v) is 16.5. The van der Waals surface area contributed by atoms with E-state index in [2.05, 4.69) is 10.6 Å². The van der Waals surface area contributed by atoms with Gasteiger partial charge in [0.25, 0.3) is 5.91 Å². The minimum absolute atomic E-state index is 0.0102. The lowest BCUT2D eigenvalue weighted by Crippen LogP contribution is -2.58. The topological polar surface area (TPSA) is 96.5 Å². The third-order valence-electron chi connectivity index (χ3n) is 4.60. The third kappa shape index (κ3) is 5.02. The van der Waals surface area contributed by atoms with Crippen LogP contribution in [0.1, 0.15) is 20.8 Å². The van der Waals surface area contributed by atoms with Crippen LogP contribution in [-0.2, 0) is 14.4 Å². The molecule has 0 saturated carbocycles. The SMILES string of the molecule is C[C@H]1Oc2cccc(F)c2NC(=O)C1NC(=O)C(C)(C)C(=O)NCC(F)(F)C(F)(F)F. The fourth-order valence-electron chi connectivity index (χ4n) is 2.53. The lowest BCUT2D eigenvalue weighted by Gasteiger charge is -2.28. The summed E-state index contributed by atoms with van der Waals surface area (Å²) in [7, 11) is 0. The van der Waals surface area contributed by atoms with E-state index in [0.29, 0.717) is 0 Å². The summed E-state index contributed by atoms with van der Waals surface area (Å²) in [4.78, 5) is 37.1. The van der Waals surface area contributed by atoms with Gasteiger partial charge in [-0.25, -0.2) is 4.39 Å². The maximum absolute atomic E-state index is 13.9. The van der Waals surface area contributed by atoms with Crippen molar-refractivity contribution in [1.29, 1.82) is 0 Å². The Morgan fingerprint density at radius 2 is 1.74 bits per heavy atom. The molecule has 13 heteroatoms. The van der Waals surface area contributed by atoms with E-state index < -0.39 is 59.7 Å². The summed E-state index contributed by atoms with van der Waals surface area (Å²) in [6.45, 7) is 1.25. The molecule has 0 spiro atoms. The minimum Gasteiger partial charge on any atom is -0.486 e. The second-order valence-corrected chi connectivity index (χ2v) is 7.39. The van der Waals surface area contributed by atoms with Gasteiger partial charge in [0.2, 0.25) is 11.8 Å². The van der Waals surface area contributed by atoms with Crippen molar-refractivity contribution in [1.82, 2.24) is 10.6 Å². The number of amides is 3. The highest BCUT2D eigenvalue weighted by molar-refractivity contribution is 6.07. The number of benzene rings is 1. The monoisotopic (exact) mass is 455 g/mol. The molecule has 1 aromatic carbocycles. The summed E-state index contributed by atoms with van der Waals surface area (Å²) >= 11 is 0. The van der Waals surface area contributed by atoms with Crippen LogP contribution in [0.3, 0.4) is 0 Å². The van der Waals surface area contributed by atoms with Gasteiger partial charge in [-0.15, -0.1) is 0 Å². The highest BCUT2D eigenvalue weighted by Crippen LogP contribution is 2.35. The molecule has 0 fully saturated rings. The molecule has 172 valence electrons. The van der Waals surface area contributed by atoms with Gasteiger partial charge in [-0.05, 0) is 32.9 Å². The molecule has 2 rings (SSSR count). The van der Waals surface area contributed by atoms with Crippen molar-refractivity contribution >= 4 is 23.4 Å². The van der Waals surface area contributed by atoms with E-state index in [-0.39, 0.29) is 11.4 Å². The number of alkyl halides is 5. The van der Waals surface area contributed by atoms with Gasteiger partial charge in [0, 0.05) is 0 Å². The summed E-state index contributed by atoms with van der Waals surface area (Å²) in [6, 6.07) is 2.34. The van der Waals surface area contributed by atoms with E-state index in [4.69, 9.17) is 4.74 Å². The molecular weight excluding hydrogens is 436 g/mol. The highest BCUT2D eigenvalue weighted by Gasteiger charge is 2.57. The molecule has 0 aromatic heterocycles. The molecule has 3 N–H and O–H groups in total. The number of ether oxygens (including phenoxy) is 1. The molecule has 0 aliphatic carbocycles. The molecule has 0 bridgehead atoms. The fraction of sp³-hybridized carbons (Fsp3) is 0.500. The number of carbonyl (C=O) groups is 3. The number of hydrogen-bond donors (Lipinski definition) is 3. The zero-order chi connectivity index (χ0) is 23.8. The van der Waals surface area contributed by atoms with Crippen LogP contribution in [0.4, 0.5) is 32.0 Å². The zero-order valence-electron chi connectivity index (χ0n) is 16.5. The number of halogens is 6. The van der Waals surface area contributed by atoms with E-state index in [1.165, 1.54) is 24.4 Å². The predicted octanol–water partition coefficient (Wildman–Crippen LogP) is 2.37. The summed E-state index contributed by atoms with van der Waals surface area (Å²) in [5.74, 6) is -9.47. The maximum atomic E-state index is 13.9. The second kappa shape index (κ2) is 8.27. The van der Waals surface area contributed by atoms with E-state index in [9.17, 15) is 40.7 Å². The van der Waals surface area contributed by atoms with Gasteiger partial charge < -0.3 is 20.7 Å². The largest absolute Gasteiger partial charge is 0.486 e. The van der Waals surface area contributed by atoms with Crippen molar-refractivity contribution in [3.63, 3.8) is 0 Å². The van der Waals surface area contributed by atoms with Gasteiger partial charge in [-0.2, -0.15) is 22.0 Å². The van der Waals surface area contributed by atoms with E-state index in [1.807, 2.05) is 0 Å². The molecule has 1 aromatic rings. The Balaban J connectivity index is 2.11. The van der Waals surface area contributed by atoms with Gasteiger partial charge in [0.1, 0.15) is 29.0 Å². The minimum atomic E-state index is -5.89. The number of rotatable bonds is 5. The van der Waals surface area contributed by atoms with Crippen LogP contribution in [-0.4, -0.2) is 48.5 Å². The molecule has 0 radical (unpaired) electrons. The van der Waals surface area contributed by atoms with Crippen LogP contribution in [0.2, 0.25) is 0 Å². The highest BCUT2D eigenvalue weighted by atomic mass is 19.4. The summed E-state index contributed by atoms with van der Waals surface area (Å²) in [6.07, 6.45) is -6.93.